The Morgan fingerprint density at radius 3 is 2.47 bits per heavy atom. The predicted molar refractivity (Wildman–Crippen MR) is 136 cm³/mol. The second-order valence-electron chi connectivity index (χ2n) is 8.61. The van der Waals surface area contributed by atoms with Gasteiger partial charge in [0.05, 0.1) is 18.2 Å². The van der Waals surface area contributed by atoms with E-state index in [4.69, 9.17) is 4.74 Å². The molecule has 0 fully saturated rings. The Balaban J connectivity index is 1.64. The monoisotopic (exact) mass is 457 g/mol. The standard InChI is InChI=1S/C28H31N3O3/c1-4-19(2)29-28(33)24-17-22(30-27(32)23-11-7-8-12-26(23)34-3)13-14-25(24)31-16-15-20-9-5-6-10-21(20)18-31/h5-14,17,19H,4,15-16,18H2,1-3H3,(H,29,33)(H,30,32). The molecule has 34 heavy (non-hydrogen) atoms. The quantitative estimate of drug-likeness (QED) is 0.522. The molecule has 1 aliphatic heterocycles. The molecule has 0 saturated carbocycles. The van der Waals surface area contributed by atoms with Crippen molar-refractivity contribution in [3.05, 3.63) is 89.0 Å². The number of fused-ring (bicyclic) bond motifs is 1. The first kappa shape index (κ1) is 23.4. The van der Waals surface area contributed by atoms with Crippen LogP contribution < -0.4 is 20.3 Å². The van der Waals surface area contributed by atoms with Crippen molar-refractivity contribution >= 4 is 23.2 Å². The van der Waals surface area contributed by atoms with Gasteiger partial charge in [-0.1, -0.05) is 43.3 Å². The summed E-state index contributed by atoms with van der Waals surface area (Å²) in [5, 5.41) is 6.00. The zero-order chi connectivity index (χ0) is 24.1. The van der Waals surface area contributed by atoms with Crippen molar-refractivity contribution < 1.29 is 14.3 Å². The van der Waals surface area contributed by atoms with Crippen molar-refractivity contribution in [3.8, 4) is 5.75 Å². The highest BCUT2D eigenvalue weighted by molar-refractivity contribution is 6.07. The molecule has 0 bridgehead atoms. The maximum Gasteiger partial charge on any atom is 0.259 e. The summed E-state index contributed by atoms with van der Waals surface area (Å²) in [6, 6.07) is 21.1. The molecule has 4 rings (SSSR count). The highest BCUT2D eigenvalue weighted by Gasteiger charge is 2.23. The third-order valence-electron chi connectivity index (χ3n) is 6.31. The van der Waals surface area contributed by atoms with Crippen LogP contribution in [0, 0.1) is 0 Å². The number of ether oxygens (including phenoxy) is 1. The van der Waals surface area contributed by atoms with Gasteiger partial charge in [-0.25, -0.2) is 0 Å². The first-order chi connectivity index (χ1) is 16.5. The molecule has 0 saturated heterocycles. The minimum atomic E-state index is -0.287. The number of benzene rings is 3. The van der Waals surface area contributed by atoms with Gasteiger partial charge >= 0.3 is 0 Å². The first-order valence-electron chi connectivity index (χ1n) is 11.7. The van der Waals surface area contributed by atoms with Gasteiger partial charge in [0.15, 0.2) is 0 Å². The molecule has 0 radical (unpaired) electrons. The minimum Gasteiger partial charge on any atom is -0.496 e. The molecular formula is C28H31N3O3. The predicted octanol–water partition coefficient (Wildman–Crippen LogP) is 5.04. The molecule has 6 heteroatoms. The second-order valence-corrected chi connectivity index (χ2v) is 8.61. The second kappa shape index (κ2) is 10.4. The highest BCUT2D eigenvalue weighted by atomic mass is 16.5. The Bertz CT molecular complexity index is 1190. The molecular weight excluding hydrogens is 426 g/mol. The van der Waals surface area contributed by atoms with Gasteiger partial charge in [0.1, 0.15) is 5.75 Å². The van der Waals surface area contributed by atoms with Gasteiger partial charge in [0, 0.05) is 30.5 Å². The highest BCUT2D eigenvalue weighted by Crippen LogP contribution is 2.30. The number of carbonyl (C=O) groups excluding carboxylic acids is 2. The van der Waals surface area contributed by atoms with Crippen molar-refractivity contribution in [2.75, 3.05) is 23.9 Å². The molecule has 0 aliphatic carbocycles. The van der Waals surface area contributed by atoms with Crippen molar-refractivity contribution in [1.82, 2.24) is 5.32 Å². The topological polar surface area (TPSA) is 70.7 Å². The van der Waals surface area contributed by atoms with E-state index >= 15 is 0 Å². The summed E-state index contributed by atoms with van der Waals surface area (Å²) < 4.78 is 5.32. The van der Waals surface area contributed by atoms with Crippen molar-refractivity contribution in [1.29, 1.82) is 0 Å². The number of anilines is 2. The van der Waals surface area contributed by atoms with E-state index in [0.717, 1.165) is 31.6 Å². The summed E-state index contributed by atoms with van der Waals surface area (Å²) in [4.78, 5) is 28.4. The molecule has 1 atom stereocenters. The number of methoxy groups -OCH3 is 1. The molecule has 3 aromatic rings. The van der Waals surface area contributed by atoms with Gasteiger partial charge in [-0.3, -0.25) is 9.59 Å². The fourth-order valence-corrected chi connectivity index (χ4v) is 4.21. The van der Waals surface area contributed by atoms with Crippen LogP contribution in [0.2, 0.25) is 0 Å². The van der Waals surface area contributed by atoms with E-state index < -0.39 is 0 Å². The fraction of sp³-hybridized carbons (Fsp3) is 0.286. The lowest BCUT2D eigenvalue weighted by molar-refractivity contribution is 0.0938. The van der Waals surface area contributed by atoms with E-state index in [0.29, 0.717) is 22.6 Å². The summed E-state index contributed by atoms with van der Waals surface area (Å²) in [5.41, 5.74) is 5.04. The molecule has 1 unspecified atom stereocenters. The number of nitrogens with zero attached hydrogens (tertiary/aromatic N) is 1. The summed E-state index contributed by atoms with van der Waals surface area (Å²) in [6.07, 6.45) is 1.76. The third kappa shape index (κ3) is 5.06. The first-order valence-corrected chi connectivity index (χ1v) is 11.7. The Morgan fingerprint density at radius 2 is 1.71 bits per heavy atom. The molecule has 2 N–H and O–H groups in total. The third-order valence-corrected chi connectivity index (χ3v) is 6.31. The van der Waals surface area contributed by atoms with Crippen LogP contribution in [0.1, 0.15) is 52.1 Å². The van der Waals surface area contributed by atoms with Crippen molar-refractivity contribution in [3.63, 3.8) is 0 Å². The molecule has 0 aromatic heterocycles. The van der Waals surface area contributed by atoms with Crippen LogP contribution >= 0.6 is 0 Å². The Kier molecular flexibility index (Phi) is 7.16. The number of hydrogen-bond donors (Lipinski definition) is 2. The van der Waals surface area contributed by atoms with E-state index in [9.17, 15) is 9.59 Å². The van der Waals surface area contributed by atoms with Crippen LogP contribution in [0.25, 0.3) is 0 Å². The molecule has 6 nitrogen and oxygen atoms in total. The molecule has 2 amide bonds. The van der Waals surface area contributed by atoms with Crippen LogP contribution in [0.15, 0.2) is 66.7 Å². The van der Waals surface area contributed by atoms with Gasteiger partial charge in [0.25, 0.3) is 11.8 Å². The van der Waals surface area contributed by atoms with E-state index in [1.165, 1.54) is 18.2 Å². The molecule has 1 heterocycles. The molecule has 176 valence electrons. The number of amides is 2. The summed E-state index contributed by atoms with van der Waals surface area (Å²) in [7, 11) is 1.54. The lowest BCUT2D eigenvalue weighted by Crippen LogP contribution is -2.35. The zero-order valence-corrected chi connectivity index (χ0v) is 19.9. The summed E-state index contributed by atoms with van der Waals surface area (Å²) in [6.45, 7) is 5.60. The maximum absolute atomic E-state index is 13.3. The van der Waals surface area contributed by atoms with Crippen LogP contribution in [-0.4, -0.2) is 31.5 Å². The smallest absolute Gasteiger partial charge is 0.259 e. The van der Waals surface area contributed by atoms with E-state index in [-0.39, 0.29) is 17.9 Å². The SMILES string of the molecule is CCC(C)NC(=O)c1cc(NC(=O)c2ccccc2OC)ccc1N1CCc2ccccc2C1. The average molecular weight is 458 g/mol. The largest absolute Gasteiger partial charge is 0.496 e. The Labute approximate surface area is 200 Å². The lowest BCUT2D eigenvalue weighted by Gasteiger charge is -2.32. The Morgan fingerprint density at radius 1 is 0.971 bits per heavy atom. The van der Waals surface area contributed by atoms with Gasteiger partial charge in [-0.2, -0.15) is 0 Å². The Hall–Kier alpha value is -3.80. The van der Waals surface area contributed by atoms with E-state index in [1.54, 1.807) is 24.3 Å². The lowest BCUT2D eigenvalue weighted by atomic mass is 9.98. The number of carbonyl (C=O) groups is 2. The fourth-order valence-electron chi connectivity index (χ4n) is 4.21. The zero-order valence-electron chi connectivity index (χ0n) is 19.9. The summed E-state index contributed by atoms with van der Waals surface area (Å²) in [5.74, 6) is 0.0697. The molecule has 3 aromatic carbocycles. The van der Waals surface area contributed by atoms with Crippen molar-refractivity contribution in [2.24, 2.45) is 0 Å². The number of nitrogens with one attached hydrogen (secondary N) is 2. The maximum atomic E-state index is 13.3. The summed E-state index contributed by atoms with van der Waals surface area (Å²) >= 11 is 0. The number of para-hydroxylation sites is 1. The van der Waals surface area contributed by atoms with Crippen LogP contribution in [0.4, 0.5) is 11.4 Å². The number of hydrogen-bond acceptors (Lipinski definition) is 4. The van der Waals surface area contributed by atoms with Crippen molar-refractivity contribution in [2.45, 2.75) is 39.3 Å². The van der Waals surface area contributed by atoms with E-state index in [1.807, 2.05) is 32.0 Å². The van der Waals surface area contributed by atoms with Crippen LogP contribution in [0.3, 0.4) is 0 Å². The van der Waals surface area contributed by atoms with Gasteiger partial charge < -0.3 is 20.3 Å². The van der Waals surface area contributed by atoms with Crippen LogP contribution in [-0.2, 0) is 13.0 Å². The van der Waals surface area contributed by atoms with Gasteiger partial charge in [0.2, 0.25) is 0 Å². The molecule has 1 aliphatic rings. The van der Waals surface area contributed by atoms with E-state index in [2.05, 4.69) is 39.8 Å². The minimum absolute atomic E-state index is 0.0502. The van der Waals surface area contributed by atoms with Gasteiger partial charge in [-0.05, 0) is 61.2 Å². The van der Waals surface area contributed by atoms with Gasteiger partial charge in [-0.15, -0.1) is 0 Å². The number of rotatable bonds is 7. The molecule has 0 spiro atoms. The average Bonchev–Trinajstić information content (AvgIpc) is 2.88. The van der Waals surface area contributed by atoms with Crippen LogP contribution in [0.5, 0.6) is 5.75 Å². The normalized spacial score (nSPS) is 13.6.